The third-order valence-electron chi connectivity index (χ3n) is 4.31. The van der Waals surface area contributed by atoms with Gasteiger partial charge in [0.1, 0.15) is 11.6 Å². The summed E-state index contributed by atoms with van der Waals surface area (Å²) in [5, 5.41) is 0. The van der Waals surface area contributed by atoms with Crippen LogP contribution in [0.4, 0.5) is 8.78 Å². The highest BCUT2D eigenvalue weighted by Crippen LogP contribution is 2.21. The van der Waals surface area contributed by atoms with Crippen LogP contribution >= 0.6 is 0 Å². The Balaban J connectivity index is 1.67. The zero-order valence-corrected chi connectivity index (χ0v) is 14.1. The predicted octanol–water partition coefficient (Wildman–Crippen LogP) is 6.48. The van der Waals surface area contributed by atoms with Crippen LogP contribution in [0.3, 0.4) is 0 Å². The fourth-order valence-electron chi connectivity index (χ4n) is 2.84. The lowest BCUT2D eigenvalue weighted by Gasteiger charge is -2.12. The molecule has 126 valence electrons. The molecule has 3 aromatic rings. The van der Waals surface area contributed by atoms with Crippen LogP contribution in [0.25, 0.3) is 12.2 Å². The highest BCUT2D eigenvalue weighted by Gasteiger charge is 2.06. The molecule has 0 aliphatic heterocycles. The van der Waals surface area contributed by atoms with Crippen molar-refractivity contribution in [2.75, 3.05) is 0 Å². The van der Waals surface area contributed by atoms with Crippen LogP contribution in [0.15, 0.2) is 72.8 Å². The molecule has 0 saturated heterocycles. The maximum absolute atomic E-state index is 13.6. The number of benzene rings is 3. The van der Waals surface area contributed by atoms with Gasteiger partial charge in [-0.2, -0.15) is 0 Å². The second kappa shape index (κ2) is 7.89. The molecule has 0 amide bonds. The Morgan fingerprint density at radius 1 is 0.840 bits per heavy atom. The van der Waals surface area contributed by atoms with Crippen molar-refractivity contribution in [2.24, 2.45) is 0 Å². The first-order chi connectivity index (χ1) is 12.1. The number of hydrogen-bond donors (Lipinski definition) is 0. The van der Waals surface area contributed by atoms with Crippen LogP contribution < -0.4 is 0 Å². The van der Waals surface area contributed by atoms with Gasteiger partial charge in [-0.15, -0.1) is 0 Å². The Labute approximate surface area is 147 Å². The summed E-state index contributed by atoms with van der Waals surface area (Å²) in [6, 6.07) is 22.3. The second-order valence-corrected chi connectivity index (χ2v) is 6.26. The first kappa shape index (κ1) is 17.1. The van der Waals surface area contributed by atoms with E-state index in [1.807, 2.05) is 24.3 Å². The van der Waals surface area contributed by atoms with Crippen molar-refractivity contribution in [3.05, 3.63) is 107 Å². The van der Waals surface area contributed by atoms with Gasteiger partial charge in [0.25, 0.3) is 0 Å². The summed E-state index contributed by atoms with van der Waals surface area (Å²) in [7, 11) is 0. The Morgan fingerprint density at radius 2 is 1.56 bits per heavy atom. The summed E-state index contributed by atoms with van der Waals surface area (Å²) >= 11 is 0. The van der Waals surface area contributed by atoms with Gasteiger partial charge in [-0.1, -0.05) is 73.7 Å². The molecule has 1 atom stereocenters. The smallest absolute Gasteiger partial charge is 0.133 e. The monoisotopic (exact) mass is 334 g/mol. The van der Waals surface area contributed by atoms with Crippen molar-refractivity contribution in [3.63, 3.8) is 0 Å². The van der Waals surface area contributed by atoms with E-state index in [0.717, 1.165) is 18.1 Å². The van der Waals surface area contributed by atoms with Crippen molar-refractivity contribution in [1.29, 1.82) is 0 Å². The molecule has 0 fully saturated rings. The van der Waals surface area contributed by atoms with E-state index in [1.165, 1.54) is 23.3 Å². The summed E-state index contributed by atoms with van der Waals surface area (Å²) in [6.07, 6.45) is 4.47. The maximum atomic E-state index is 13.6. The van der Waals surface area contributed by atoms with E-state index in [2.05, 4.69) is 43.3 Å². The van der Waals surface area contributed by atoms with Crippen LogP contribution in [-0.4, -0.2) is 0 Å². The molecule has 0 aliphatic carbocycles. The minimum absolute atomic E-state index is 0.378. The quantitative estimate of drug-likeness (QED) is 0.468. The SMILES string of the molecule is CC(Cc1ccc(/C=C/c2ccc(F)cc2F)cc1)c1ccccc1. The van der Waals surface area contributed by atoms with Crippen molar-refractivity contribution >= 4 is 12.2 Å². The zero-order valence-electron chi connectivity index (χ0n) is 14.1. The number of halogens is 2. The molecule has 0 aromatic heterocycles. The molecule has 0 radical (unpaired) electrons. The van der Waals surface area contributed by atoms with Crippen molar-refractivity contribution in [2.45, 2.75) is 19.3 Å². The van der Waals surface area contributed by atoms with Crippen LogP contribution in [0.5, 0.6) is 0 Å². The molecule has 3 aromatic carbocycles. The lowest BCUT2D eigenvalue weighted by Crippen LogP contribution is -1.98. The molecule has 25 heavy (non-hydrogen) atoms. The summed E-state index contributed by atoms with van der Waals surface area (Å²) in [5.41, 5.74) is 3.96. The van der Waals surface area contributed by atoms with Gasteiger partial charge >= 0.3 is 0 Å². The Kier molecular flexibility index (Phi) is 5.39. The number of hydrogen-bond acceptors (Lipinski definition) is 0. The van der Waals surface area contributed by atoms with E-state index in [1.54, 1.807) is 6.08 Å². The molecule has 0 aliphatic rings. The van der Waals surface area contributed by atoms with E-state index < -0.39 is 11.6 Å². The molecular formula is C23H20F2. The molecule has 0 saturated carbocycles. The first-order valence-corrected chi connectivity index (χ1v) is 8.39. The van der Waals surface area contributed by atoms with Gasteiger partial charge in [0.15, 0.2) is 0 Å². The van der Waals surface area contributed by atoms with E-state index in [-0.39, 0.29) is 0 Å². The molecular weight excluding hydrogens is 314 g/mol. The van der Waals surface area contributed by atoms with Gasteiger partial charge in [0, 0.05) is 11.6 Å². The Hall–Kier alpha value is -2.74. The normalized spacial score (nSPS) is 12.4. The summed E-state index contributed by atoms with van der Waals surface area (Å²) in [5.74, 6) is -0.660. The third kappa shape index (κ3) is 4.63. The fourth-order valence-corrected chi connectivity index (χ4v) is 2.84. The van der Waals surface area contributed by atoms with Crippen molar-refractivity contribution in [3.8, 4) is 0 Å². The third-order valence-corrected chi connectivity index (χ3v) is 4.31. The number of rotatable bonds is 5. The van der Waals surface area contributed by atoms with E-state index in [9.17, 15) is 8.78 Å². The van der Waals surface area contributed by atoms with E-state index in [4.69, 9.17) is 0 Å². The van der Waals surface area contributed by atoms with Crippen molar-refractivity contribution in [1.82, 2.24) is 0 Å². The summed E-state index contributed by atoms with van der Waals surface area (Å²) < 4.78 is 26.5. The van der Waals surface area contributed by atoms with Gasteiger partial charge in [-0.25, -0.2) is 8.78 Å². The molecule has 0 bridgehead atoms. The van der Waals surface area contributed by atoms with Gasteiger partial charge in [0.2, 0.25) is 0 Å². The topological polar surface area (TPSA) is 0 Å². The molecule has 2 heteroatoms. The first-order valence-electron chi connectivity index (χ1n) is 8.39. The van der Waals surface area contributed by atoms with Crippen LogP contribution in [0.2, 0.25) is 0 Å². The van der Waals surface area contributed by atoms with Gasteiger partial charge < -0.3 is 0 Å². The van der Waals surface area contributed by atoms with Crippen LogP contribution in [-0.2, 0) is 6.42 Å². The summed E-state index contributed by atoms with van der Waals surface area (Å²) in [4.78, 5) is 0. The average molecular weight is 334 g/mol. The largest absolute Gasteiger partial charge is 0.207 e. The Bertz CT molecular complexity index is 849. The van der Waals surface area contributed by atoms with E-state index >= 15 is 0 Å². The lowest BCUT2D eigenvalue weighted by atomic mass is 9.93. The molecule has 1 unspecified atom stereocenters. The molecule has 3 rings (SSSR count). The Morgan fingerprint density at radius 3 is 2.24 bits per heavy atom. The van der Waals surface area contributed by atoms with Gasteiger partial charge in [-0.3, -0.25) is 0 Å². The highest BCUT2D eigenvalue weighted by molar-refractivity contribution is 5.69. The van der Waals surface area contributed by atoms with Crippen molar-refractivity contribution < 1.29 is 8.78 Å². The fraction of sp³-hybridized carbons (Fsp3) is 0.130. The van der Waals surface area contributed by atoms with Crippen LogP contribution in [0.1, 0.15) is 35.1 Å². The molecule has 0 nitrogen and oxygen atoms in total. The second-order valence-electron chi connectivity index (χ2n) is 6.26. The minimum atomic E-state index is -0.563. The van der Waals surface area contributed by atoms with E-state index in [0.29, 0.717) is 11.5 Å². The zero-order chi connectivity index (χ0) is 17.6. The van der Waals surface area contributed by atoms with Crippen LogP contribution in [0, 0.1) is 11.6 Å². The summed E-state index contributed by atoms with van der Waals surface area (Å²) in [6.45, 7) is 2.22. The van der Waals surface area contributed by atoms with Gasteiger partial charge in [0.05, 0.1) is 0 Å². The molecule has 0 heterocycles. The molecule has 0 N–H and O–H groups in total. The predicted molar refractivity (Wildman–Crippen MR) is 100 cm³/mol. The lowest BCUT2D eigenvalue weighted by molar-refractivity contribution is 0.581. The maximum Gasteiger partial charge on any atom is 0.133 e. The molecule has 0 spiro atoms. The average Bonchev–Trinajstić information content (AvgIpc) is 2.63. The van der Waals surface area contributed by atoms with Gasteiger partial charge in [-0.05, 0) is 41.2 Å². The minimum Gasteiger partial charge on any atom is -0.207 e. The highest BCUT2D eigenvalue weighted by atomic mass is 19.1. The standard InChI is InChI=1S/C23H20F2/c1-17(20-5-3-2-4-6-20)15-19-9-7-18(8-10-19)11-12-21-13-14-22(24)16-23(21)25/h2-14,16-17H,15H2,1H3/b12-11+.